The fourth-order valence-electron chi connectivity index (χ4n) is 5.70. The lowest BCUT2D eigenvalue weighted by Crippen LogP contribution is -2.45. The first-order valence-electron chi connectivity index (χ1n) is 14.4. The quantitative estimate of drug-likeness (QED) is 0.286. The van der Waals surface area contributed by atoms with Crippen LogP contribution in [0.1, 0.15) is 74.6 Å². The predicted molar refractivity (Wildman–Crippen MR) is 163 cm³/mol. The minimum absolute atomic E-state index is 0.0641. The minimum Gasteiger partial charge on any atom is -0.480 e. The van der Waals surface area contributed by atoms with Gasteiger partial charge in [-0.1, -0.05) is 88.4 Å². The van der Waals surface area contributed by atoms with Crippen molar-refractivity contribution in [1.82, 2.24) is 10.3 Å². The van der Waals surface area contributed by atoms with E-state index in [1.54, 1.807) is 24.3 Å². The molecule has 41 heavy (non-hydrogen) atoms. The van der Waals surface area contributed by atoms with Gasteiger partial charge in [-0.3, -0.25) is 4.79 Å². The number of carbonyl (C=O) groups excluding carboxylic acids is 1. The van der Waals surface area contributed by atoms with Gasteiger partial charge in [0.05, 0.1) is 0 Å². The Morgan fingerprint density at radius 2 is 1.78 bits per heavy atom. The van der Waals surface area contributed by atoms with Gasteiger partial charge in [-0.05, 0) is 71.5 Å². The topological polar surface area (TPSA) is 88.5 Å². The third kappa shape index (κ3) is 6.99. The molecule has 1 amide bonds. The number of carbonyl (C=O) groups is 2. The molecule has 0 saturated heterocycles. The summed E-state index contributed by atoms with van der Waals surface area (Å²) in [6.07, 6.45) is 11.1. The summed E-state index contributed by atoms with van der Waals surface area (Å²) >= 11 is 6.01. The molecule has 0 bridgehead atoms. The smallest absolute Gasteiger partial charge is 0.326 e. The highest BCUT2D eigenvalue weighted by molar-refractivity contribution is 6.31. The van der Waals surface area contributed by atoms with Crippen LogP contribution in [-0.2, 0) is 16.6 Å². The van der Waals surface area contributed by atoms with Crippen molar-refractivity contribution in [2.45, 2.75) is 70.8 Å². The number of allylic oxidation sites excluding steroid dienone is 3. The van der Waals surface area contributed by atoms with Crippen LogP contribution in [0.25, 0.3) is 10.8 Å². The molecule has 0 aliphatic heterocycles. The van der Waals surface area contributed by atoms with Crippen LogP contribution in [0.15, 0.2) is 71.8 Å². The van der Waals surface area contributed by atoms with E-state index in [9.17, 15) is 14.7 Å². The van der Waals surface area contributed by atoms with Crippen molar-refractivity contribution >= 4 is 34.2 Å². The number of aromatic nitrogens is 1. The van der Waals surface area contributed by atoms with Gasteiger partial charge in [0.2, 0.25) is 0 Å². The van der Waals surface area contributed by atoms with Crippen LogP contribution < -0.4 is 10.1 Å². The van der Waals surface area contributed by atoms with Gasteiger partial charge in [0, 0.05) is 22.0 Å². The molecule has 0 spiro atoms. The normalized spacial score (nSPS) is 18.2. The molecule has 6 nitrogen and oxygen atoms in total. The lowest BCUT2D eigenvalue weighted by atomic mass is 9.87. The third-order valence-electron chi connectivity index (χ3n) is 8.10. The SMILES string of the molecule is CC(C)(C)c1ccc(Oc2ccc3cc(C(=O)NC(C(=O)O)[C@@H]4C=CC(Cl)=CC4)nc(CC4CCCC4)c3c2)cc1. The number of hydrogen-bond acceptors (Lipinski definition) is 4. The van der Waals surface area contributed by atoms with Gasteiger partial charge >= 0.3 is 5.97 Å². The maximum atomic E-state index is 13.4. The fraction of sp³-hybridized carbons (Fsp3) is 0.382. The van der Waals surface area contributed by atoms with Gasteiger partial charge in [-0.25, -0.2) is 9.78 Å². The number of fused-ring (bicyclic) bond motifs is 1. The molecule has 7 heteroatoms. The Morgan fingerprint density at radius 1 is 1.07 bits per heavy atom. The Hall–Kier alpha value is -3.64. The van der Waals surface area contributed by atoms with E-state index >= 15 is 0 Å². The van der Waals surface area contributed by atoms with Crippen molar-refractivity contribution in [3.05, 3.63) is 88.7 Å². The Balaban J connectivity index is 1.43. The zero-order valence-electron chi connectivity index (χ0n) is 23.8. The second kappa shape index (κ2) is 12.1. The summed E-state index contributed by atoms with van der Waals surface area (Å²) in [5.41, 5.74) is 2.36. The Kier molecular flexibility index (Phi) is 8.50. The second-order valence-corrected chi connectivity index (χ2v) is 12.6. The number of pyridine rings is 1. The number of benzene rings is 2. The number of carboxylic acid groups (broad SMARTS) is 1. The molecule has 2 atom stereocenters. The van der Waals surface area contributed by atoms with E-state index in [2.05, 4.69) is 38.2 Å². The number of amides is 1. The molecule has 1 saturated carbocycles. The summed E-state index contributed by atoms with van der Waals surface area (Å²) < 4.78 is 6.22. The molecule has 3 aromatic rings. The van der Waals surface area contributed by atoms with E-state index in [4.69, 9.17) is 21.3 Å². The number of carboxylic acids is 1. The van der Waals surface area contributed by atoms with Gasteiger partial charge < -0.3 is 15.2 Å². The van der Waals surface area contributed by atoms with E-state index in [-0.39, 0.29) is 11.1 Å². The van der Waals surface area contributed by atoms with E-state index in [0.29, 0.717) is 23.1 Å². The number of ether oxygens (including phenoxy) is 1. The number of nitrogens with zero attached hydrogens (tertiary/aromatic N) is 1. The molecule has 2 aliphatic rings. The monoisotopic (exact) mass is 572 g/mol. The van der Waals surface area contributed by atoms with Crippen LogP contribution in [0.3, 0.4) is 0 Å². The van der Waals surface area contributed by atoms with Gasteiger partial charge in [0.15, 0.2) is 0 Å². The summed E-state index contributed by atoms with van der Waals surface area (Å²) in [5.74, 6) is -0.0200. The molecule has 1 unspecified atom stereocenters. The van der Waals surface area contributed by atoms with Gasteiger partial charge in [0.25, 0.3) is 5.91 Å². The summed E-state index contributed by atoms with van der Waals surface area (Å²) in [7, 11) is 0. The predicted octanol–water partition coefficient (Wildman–Crippen LogP) is 7.94. The number of hydrogen-bond donors (Lipinski definition) is 2. The fourth-order valence-corrected chi connectivity index (χ4v) is 5.87. The van der Waals surface area contributed by atoms with Crippen molar-refractivity contribution < 1.29 is 19.4 Å². The standard InChI is InChI=1S/C34H37ClN2O4/c1-34(2,3)24-11-16-26(17-12-24)41-27-15-10-23-19-30(36-29(28(23)20-27)18-21-6-4-5-7-21)32(38)37-31(33(39)40)22-8-13-25(35)14-9-22/h8,10-17,19-22,31H,4-7,9,18H2,1-3H3,(H,37,38)(H,39,40)/t22-,31?/m1/s1. The number of nitrogens with one attached hydrogen (secondary N) is 1. The summed E-state index contributed by atoms with van der Waals surface area (Å²) in [6.45, 7) is 6.55. The molecule has 2 N–H and O–H groups in total. The Labute approximate surface area is 246 Å². The summed E-state index contributed by atoms with van der Waals surface area (Å²) in [5, 5.41) is 15.0. The molecular formula is C34H37ClN2O4. The maximum absolute atomic E-state index is 13.4. The van der Waals surface area contributed by atoms with Crippen LogP contribution in [0, 0.1) is 11.8 Å². The summed E-state index contributed by atoms with van der Waals surface area (Å²) in [6, 6.07) is 14.6. The Morgan fingerprint density at radius 3 is 2.41 bits per heavy atom. The van der Waals surface area contributed by atoms with Crippen molar-refractivity contribution in [1.29, 1.82) is 0 Å². The van der Waals surface area contributed by atoms with Crippen LogP contribution in [-0.4, -0.2) is 28.0 Å². The number of halogens is 1. The lowest BCUT2D eigenvalue weighted by Gasteiger charge is -2.23. The zero-order valence-corrected chi connectivity index (χ0v) is 24.6. The first kappa shape index (κ1) is 28.9. The molecule has 2 aliphatic carbocycles. The third-order valence-corrected chi connectivity index (χ3v) is 8.38. The second-order valence-electron chi connectivity index (χ2n) is 12.2. The highest BCUT2D eigenvalue weighted by Gasteiger charge is 2.30. The molecular weight excluding hydrogens is 536 g/mol. The highest BCUT2D eigenvalue weighted by Crippen LogP contribution is 2.33. The molecule has 1 heterocycles. The van der Waals surface area contributed by atoms with E-state index < -0.39 is 23.8 Å². The van der Waals surface area contributed by atoms with Gasteiger partial charge in [-0.15, -0.1) is 0 Å². The van der Waals surface area contributed by atoms with Gasteiger partial charge in [-0.2, -0.15) is 0 Å². The summed E-state index contributed by atoms with van der Waals surface area (Å²) in [4.78, 5) is 30.3. The van der Waals surface area contributed by atoms with Crippen LogP contribution >= 0.6 is 11.6 Å². The van der Waals surface area contributed by atoms with E-state index in [0.717, 1.165) is 41.5 Å². The van der Waals surface area contributed by atoms with Crippen molar-refractivity contribution in [3.63, 3.8) is 0 Å². The minimum atomic E-state index is -1.09. The lowest BCUT2D eigenvalue weighted by molar-refractivity contribution is -0.140. The van der Waals surface area contributed by atoms with Crippen LogP contribution in [0.5, 0.6) is 11.5 Å². The molecule has 2 aromatic carbocycles. The first-order chi connectivity index (χ1) is 19.6. The van der Waals surface area contributed by atoms with E-state index in [1.807, 2.05) is 30.3 Å². The number of aliphatic carboxylic acids is 1. The average molecular weight is 573 g/mol. The first-order valence-corrected chi connectivity index (χ1v) is 14.7. The van der Waals surface area contributed by atoms with Crippen molar-refractivity contribution in [2.75, 3.05) is 0 Å². The molecule has 0 radical (unpaired) electrons. The van der Waals surface area contributed by atoms with Crippen molar-refractivity contribution in [3.8, 4) is 11.5 Å². The van der Waals surface area contributed by atoms with E-state index in [1.165, 1.54) is 18.4 Å². The van der Waals surface area contributed by atoms with Gasteiger partial charge in [0.1, 0.15) is 23.2 Å². The number of rotatable bonds is 8. The van der Waals surface area contributed by atoms with Crippen LogP contribution in [0.4, 0.5) is 0 Å². The van der Waals surface area contributed by atoms with Crippen molar-refractivity contribution in [2.24, 2.45) is 11.8 Å². The molecule has 1 aromatic heterocycles. The largest absolute Gasteiger partial charge is 0.480 e. The van der Waals surface area contributed by atoms with Crippen LogP contribution in [0.2, 0.25) is 0 Å². The average Bonchev–Trinajstić information content (AvgIpc) is 3.45. The Bertz CT molecular complexity index is 1500. The maximum Gasteiger partial charge on any atom is 0.326 e. The molecule has 1 fully saturated rings. The zero-order chi connectivity index (χ0) is 29.1. The highest BCUT2D eigenvalue weighted by atomic mass is 35.5. The molecule has 5 rings (SSSR count). The molecule has 214 valence electrons.